The first-order valence-corrected chi connectivity index (χ1v) is 8.21. The molecule has 3 aromatic rings. The molecule has 0 radical (unpaired) electrons. The highest BCUT2D eigenvalue weighted by atomic mass is 35.5. The Balaban J connectivity index is 1.71. The van der Waals surface area contributed by atoms with Crippen LogP contribution >= 0.6 is 11.6 Å². The van der Waals surface area contributed by atoms with Crippen LogP contribution in [0.5, 0.6) is 5.75 Å². The highest BCUT2D eigenvalue weighted by Gasteiger charge is 2.20. The van der Waals surface area contributed by atoms with Gasteiger partial charge in [-0.3, -0.25) is 4.79 Å². The molecule has 1 heterocycles. The van der Waals surface area contributed by atoms with Crippen LogP contribution in [-0.4, -0.2) is 22.1 Å². The number of aromatic nitrogens is 2. The number of amides is 1. The van der Waals surface area contributed by atoms with Gasteiger partial charge in [0.15, 0.2) is 6.61 Å². The van der Waals surface area contributed by atoms with E-state index in [-0.39, 0.29) is 18.6 Å². The number of aryl methyl sites for hydroxylation is 1. The van der Waals surface area contributed by atoms with Crippen LogP contribution < -0.4 is 10.1 Å². The van der Waals surface area contributed by atoms with E-state index in [1.165, 1.54) is 0 Å². The molecule has 0 fully saturated rings. The van der Waals surface area contributed by atoms with E-state index in [4.69, 9.17) is 16.3 Å². The molecule has 2 aromatic carbocycles. The predicted octanol–water partition coefficient (Wildman–Crippen LogP) is 3.36. The maximum atomic E-state index is 12.4. The van der Waals surface area contributed by atoms with Gasteiger partial charge in [0.1, 0.15) is 17.6 Å². The van der Waals surface area contributed by atoms with E-state index in [2.05, 4.69) is 10.3 Å². The lowest BCUT2D eigenvalue weighted by Gasteiger charge is -2.19. The zero-order valence-corrected chi connectivity index (χ0v) is 14.5. The van der Waals surface area contributed by atoms with Gasteiger partial charge < -0.3 is 14.6 Å². The Morgan fingerprint density at radius 3 is 2.56 bits per heavy atom. The van der Waals surface area contributed by atoms with Crippen molar-refractivity contribution in [2.45, 2.75) is 6.04 Å². The average molecular weight is 356 g/mol. The van der Waals surface area contributed by atoms with Crippen molar-refractivity contribution < 1.29 is 9.53 Å². The van der Waals surface area contributed by atoms with Crippen LogP contribution in [0.15, 0.2) is 67.0 Å². The number of carbonyl (C=O) groups is 1. The monoisotopic (exact) mass is 355 g/mol. The fourth-order valence-electron chi connectivity index (χ4n) is 2.48. The third-order valence-corrected chi connectivity index (χ3v) is 3.99. The summed E-state index contributed by atoms with van der Waals surface area (Å²) < 4.78 is 7.40. The summed E-state index contributed by atoms with van der Waals surface area (Å²) in [5.74, 6) is 1.12. The zero-order chi connectivity index (χ0) is 17.6. The maximum absolute atomic E-state index is 12.4. The van der Waals surface area contributed by atoms with Gasteiger partial charge in [-0.25, -0.2) is 4.98 Å². The lowest BCUT2D eigenvalue weighted by Crippen LogP contribution is -2.34. The van der Waals surface area contributed by atoms with E-state index in [9.17, 15) is 4.79 Å². The molecule has 0 bridgehead atoms. The fraction of sp³-hybridized carbons (Fsp3) is 0.158. The van der Waals surface area contributed by atoms with E-state index < -0.39 is 0 Å². The Hall–Kier alpha value is -2.79. The molecule has 0 aliphatic heterocycles. The molecule has 3 rings (SSSR count). The van der Waals surface area contributed by atoms with Crippen LogP contribution in [-0.2, 0) is 11.8 Å². The minimum Gasteiger partial charge on any atom is -0.484 e. The molecule has 0 aliphatic carbocycles. The predicted molar refractivity (Wildman–Crippen MR) is 96.6 cm³/mol. The largest absolute Gasteiger partial charge is 0.484 e. The number of nitrogens with zero attached hydrogens (tertiary/aromatic N) is 2. The van der Waals surface area contributed by atoms with Gasteiger partial charge in [0.25, 0.3) is 5.91 Å². The molecule has 0 saturated heterocycles. The zero-order valence-electron chi connectivity index (χ0n) is 13.7. The van der Waals surface area contributed by atoms with Crippen LogP contribution in [0.2, 0.25) is 5.02 Å². The lowest BCUT2D eigenvalue weighted by atomic mass is 10.1. The van der Waals surface area contributed by atoms with Gasteiger partial charge in [0.2, 0.25) is 0 Å². The molecule has 5 nitrogen and oxygen atoms in total. The Morgan fingerprint density at radius 1 is 1.20 bits per heavy atom. The Kier molecular flexibility index (Phi) is 5.36. The third-order valence-electron chi connectivity index (χ3n) is 3.74. The first-order chi connectivity index (χ1) is 12.1. The summed E-state index contributed by atoms with van der Waals surface area (Å²) >= 11 is 5.84. The van der Waals surface area contributed by atoms with Gasteiger partial charge >= 0.3 is 0 Å². The first-order valence-electron chi connectivity index (χ1n) is 7.83. The lowest BCUT2D eigenvalue weighted by molar-refractivity contribution is -0.123. The van der Waals surface area contributed by atoms with Gasteiger partial charge in [0.05, 0.1) is 0 Å². The Bertz CT molecular complexity index is 831. The number of carbonyl (C=O) groups excluding carboxylic acids is 1. The first kappa shape index (κ1) is 17.0. The van der Waals surface area contributed by atoms with Crippen molar-refractivity contribution in [3.8, 4) is 5.75 Å². The van der Waals surface area contributed by atoms with Crippen molar-refractivity contribution in [2.75, 3.05) is 6.61 Å². The summed E-state index contributed by atoms with van der Waals surface area (Å²) in [6.45, 7) is -0.0879. The smallest absolute Gasteiger partial charge is 0.258 e. The Morgan fingerprint density at radius 2 is 1.92 bits per heavy atom. The molecule has 25 heavy (non-hydrogen) atoms. The maximum Gasteiger partial charge on any atom is 0.258 e. The number of nitrogens with one attached hydrogen (secondary N) is 1. The number of benzene rings is 2. The van der Waals surface area contributed by atoms with E-state index in [1.54, 1.807) is 30.5 Å². The highest BCUT2D eigenvalue weighted by molar-refractivity contribution is 6.30. The molecule has 1 aromatic heterocycles. The molecule has 1 N–H and O–H groups in total. The van der Waals surface area contributed by atoms with E-state index in [1.807, 2.05) is 48.1 Å². The average Bonchev–Trinajstić information content (AvgIpc) is 3.06. The summed E-state index contributed by atoms with van der Waals surface area (Å²) in [7, 11) is 1.90. The van der Waals surface area contributed by atoms with Gasteiger partial charge in [-0.1, -0.05) is 41.9 Å². The van der Waals surface area contributed by atoms with Crippen molar-refractivity contribution in [3.05, 3.63) is 83.4 Å². The number of hydrogen-bond donors (Lipinski definition) is 1. The van der Waals surface area contributed by atoms with Gasteiger partial charge in [-0.15, -0.1) is 0 Å². The second-order valence-corrected chi connectivity index (χ2v) is 5.99. The van der Waals surface area contributed by atoms with Crippen molar-refractivity contribution in [2.24, 2.45) is 7.05 Å². The molecule has 0 spiro atoms. The second-order valence-electron chi connectivity index (χ2n) is 5.55. The van der Waals surface area contributed by atoms with Crippen molar-refractivity contribution in [1.82, 2.24) is 14.9 Å². The summed E-state index contributed by atoms with van der Waals surface area (Å²) in [6.07, 6.45) is 3.56. The second kappa shape index (κ2) is 7.85. The Labute approximate surface area is 151 Å². The number of hydrogen-bond acceptors (Lipinski definition) is 3. The SMILES string of the molecule is Cn1ccnc1C(NC(=O)COc1ccc(Cl)cc1)c1ccccc1. The van der Waals surface area contributed by atoms with Crippen molar-refractivity contribution >= 4 is 17.5 Å². The normalized spacial score (nSPS) is 11.8. The molecule has 1 unspecified atom stereocenters. The van der Waals surface area contributed by atoms with Crippen LogP contribution in [0.4, 0.5) is 0 Å². The van der Waals surface area contributed by atoms with Gasteiger partial charge in [0, 0.05) is 24.5 Å². The van der Waals surface area contributed by atoms with E-state index in [0.29, 0.717) is 10.8 Å². The molecule has 6 heteroatoms. The topological polar surface area (TPSA) is 56.2 Å². The molecule has 1 amide bonds. The van der Waals surface area contributed by atoms with Crippen LogP contribution in [0, 0.1) is 0 Å². The number of rotatable bonds is 6. The number of imidazole rings is 1. The minimum absolute atomic E-state index is 0.0879. The van der Waals surface area contributed by atoms with Crippen LogP contribution in [0.3, 0.4) is 0 Å². The molecule has 0 aliphatic rings. The molecule has 1 atom stereocenters. The van der Waals surface area contributed by atoms with Gasteiger partial charge in [-0.2, -0.15) is 0 Å². The fourth-order valence-corrected chi connectivity index (χ4v) is 2.61. The molecule has 128 valence electrons. The summed E-state index contributed by atoms with van der Waals surface area (Å²) in [5, 5.41) is 3.61. The molecular weight excluding hydrogens is 338 g/mol. The summed E-state index contributed by atoms with van der Waals surface area (Å²) in [6, 6.07) is 16.3. The van der Waals surface area contributed by atoms with Crippen LogP contribution in [0.25, 0.3) is 0 Å². The molecule has 0 saturated carbocycles. The number of halogens is 1. The molecular formula is C19H18ClN3O2. The van der Waals surface area contributed by atoms with E-state index in [0.717, 1.165) is 11.4 Å². The standard InChI is InChI=1S/C19H18ClN3O2/c1-23-12-11-21-19(23)18(14-5-3-2-4-6-14)22-17(24)13-25-16-9-7-15(20)8-10-16/h2-12,18H,13H2,1H3,(H,22,24). The van der Waals surface area contributed by atoms with E-state index >= 15 is 0 Å². The quantitative estimate of drug-likeness (QED) is 0.737. The minimum atomic E-state index is -0.345. The van der Waals surface area contributed by atoms with Crippen molar-refractivity contribution in [1.29, 1.82) is 0 Å². The van der Waals surface area contributed by atoms with Crippen LogP contribution in [0.1, 0.15) is 17.4 Å². The summed E-state index contributed by atoms with van der Waals surface area (Å²) in [5.41, 5.74) is 0.955. The summed E-state index contributed by atoms with van der Waals surface area (Å²) in [4.78, 5) is 16.7. The van der Waals surface area contributed by atoms with Crippen molar-refractivity contribution in [3.63, 3.8) is 0 Å². The number of ether oxygens (including phenoxy) is 1. The highest BCUT2D eigenvalue weighted by Crippen LogP contribution is 2.20. The van der Waals surface area contributed by atoms with Gasteiger partial charge in [-0.05, 0) is 29.8 Å². The third kappa shape index (κ3) is 4.39.